The third-order valence-corrected chi connectivity index (χ3v) is 8.93. The highest BCUT2D eigenvalue weighted by atomic mass is 35.5. The fraction of sp³-hybridized carbons (Fsp3) is 0.320. The van der Waals surface area contributed by atoms with Crippen molar-refractivity contribution in [2.45, 2.75) is 42.0 Å². The SMILES string of the molecule is Cc1ccc2c(c1)[C@@H](N)C1(CCN(c3ncc(Sc4ccnc(N)c4Cl)c4nccn34)CC1)C2. The Morgan fingerprint density at radius 1 is 1.09 bits per heavy atom. The molecule has 0 bridgehead atoms. The van der Waals surface area contributed by atoms with Gasteiger partial charge in [0.1, 0.15) is 5.82 Å². The Labute approximate surface area is 207 Å². The molecule has 1 atom stereocenters. The standard InChI is InChI=1S/C25H26ClN7S/c1-15-2-3-16-13-25(21(27)17(16)12-15)5-9-32(10-6-25)24-31-14-19(23-30-8-11-33(23)24)34-18-4-7-29-22(28)20(18)26/h2-4,7-8,11-12,14,21H,5-6,9-10,13,27H2,1H3,(H2,28,29)/t21-/m1/s1. The number of aromatic nitrogens is 4. The summed E-state index contributed by atoms with van der Waals surface area (Å²) in [4.78, 5) is 17.6. The van der Waals surface area contributed by atoms with Crippen molar-refractivity contribution < 1.29 is 0 Å². The number of fused-ring (bicyclic) bond motifs is 2. The number of anilines is 2. The minimum Gasteiger partial charge on any atom is -0.382 e. The highest BCUT2D eigenvalue weighted by Gasteiger charge is 2.46. The van der Waals surface area contributed by atoms with E-state index in [4.69, 9.17) is 28.1 Å². The first kappa shape index (κ1) is 21.7. The number of benzene rings is 1. The highest BCUT2D eigenvalue weighted by molar-refractivity contribution is 7.99. The summed E-state index contributed by atoms with van der Waals surface area (Å²) in [6.45, 7) is 3.97. The lowest BCUT2D eigenvalue weighted by molar-refractivity contribution is 0.186. The molecule has 4 aromatic rings. The molecule has 174 valence electrons. The zero-order chi connectivity index (χ0) is 23.4. The number of piperidine rings is 1. The Hall–Kier alpha value is -2.81. The maximum Gasteiger partial charge on any atom is 0.211 e. The van der Waals surface area contributed by atoms with Gasteiger partial charge in [0.15, 0.2) is 5.65 Å². The number of imidazole rings is 1. The predicted molar refractivity (Wildman–Crippen MR) is 136 cm³/mol. The van der Waals surface area contributed by atoms with Crippen LogP contribution in [0.1, 0.15) is 35.6 Å². The molecule has 34 heavy (non-hydrogen) atoms. The molecule has 1 aliphatic carbocycles. The van der Waals surface area contributed by atoms with Crippen LogP contribution >= 0.6 is 23.4 Å². The average molecular weight is 492 g/mol. The van der Waals surface area contributed by atoms with E-state index < -0.39 is 0 Å². The summed E-state index contributed by atoms with van der Waals surface area (Å²) in [6.07, 6.45) is 10.5. The van der Waals surface area contributed by atoms with Crippen LogP contribution in [-0.4, -0.2) is 32.4 Å². The van der Waals surface area contributed by atoms with Gasteiger partial charge >= 0.3 is 0 Å². The van der Waals surface area contributed by atoms with Gasteiger partial charge in [-0.2, -0.15) is 0 Å². The minimum atomic E-state index is 0.0992. The molecule has 4 N–H and O–H groups in total. The normalized spacial score (nSPS) is 19.1. The smallest absolute Gasteiger partial charge is 0.211 e. The van der Waals surface area contributed by atoms with Gasteiger partial charge in [-0.15, -0.1) is 0 Å². The maximum absolute atomic E-state index is 6.82. The second kappa shape index (κ2) is 8.15. The van der Waals surface area contributed by atoms with Crippen LogP contribution in [0.4, 0.5) is 11.8 Å². The number of halogens is 1. The van der Waals surface area contributed by atoms with Gasteiger partial charge in [-0.3, -0.25) is 4.40 Å². The minimum absolute atomic E-state index is 0.0992. The molecule has 3 aromatic heterocycles. The lowest BCUT2D eigenvalue weighted by Crippen LogP contribution is -2.45. The van der Waals surface area contributed by atoms with Crippen molar-refractivity contribution in [1.29, 1.82) is 0 Å². The second-order valence-electron chi connectivity index (χ2n) is 9.36. The quantitative estimate of drug-likeness (QED) is 0.430. The molecule has 0 radical (unpaired) electrons. The fourth-order valence-corrected chi connectivity index (χ4v) is 6.59. The van der Waals surface area contributed by atoms with Crippen molar-refractivity contribution in [3.05, 3.63) is 70.8 Å². The molecule has 1 saturated heterocycles. The maximum atomic E-state index is 6.82. The van der Waals surface area contributed by atoms with Crippen LogP contribution < -0.4 is 16.4 Å². The molecule has 1 spiro atoms. The van der Waals surface area contributed by atoms with E-state index in [0.717, 1.165) is 53.7 Å². The zero-order valence-electron chi connectivity index (χ0n) is 18.9. The monoisotopic (exact) mass is 491 g/mol. The molecule has 1 fully saturated rings. The van der Waals surface area contributed by atoms with Crippen LogP contribution in [0.25, 0.3) is 5.65 Å². The van der Waals surface area contributed by atoms with E-state index in [1.165, 1.54) is 28.5 Å². The first-order chi connectivity index (χ1) is 16.4. The second-order valence-corrected chi connectivity index (χ2v) is 10.8. The van der Waals surface area contributed by atoms with E-state index in [1.54, 1.807) is 6.20 Å². The van der Waals surface area contributed by atoms with Crippen LogP contribution in [0.2, 0.25) is 5.02 Å². The third kappa shape index (κ3) is 3.43. The predicted octanol–water partition coefficient (Wildman–Crippen LogP) is 4.66. The summed E-state index contributed by atoms with van der Waals surface area (Å²) in [6, 6.07) is 8.69. The molecule has 1 aromatic carbocycles. The van der Waals surface area contributed by atoms with E-state index in [1.807, 2.05) is 24.7 Å². The van der Waals surface area contributed by atoms with E-state index in [2.05, 4.69) is 44.4 Å². The molecular weight excluding hydrogens is 466 g/mol. The van der Waals surface area contributed by atoms with E-state index in [-0.39, 0.29) is 11.5 Å². The molecule has 2 aliphatic rings. The number of nitrogens with zero attached hydrogens (tertiary/aromatic N) is 5. The molecule has 4 heterocycles. The van der Waals surface area contributed by atoms with Gasteiger partial charge < -0.3 is 16.4 Å². The Bertz CT molecular complexity index is 1390. The van der Waals surface area contributed by atoms with Crippen LogP contribution in [0, 0.1) is 12.3 Å². The molecular formula is C25H26ClN7S. The zero-order valence-corrected chi connectivity index (χ0v) is 20.5. The summed E-state index contributed by atoms with van der Waals surface area (Å²) in [5.41, 5.74) is 17.7. The molecule has 9 heteroatoms. The van der Waals surface area contributed by atoms with Gasteiger partial charge in [0.25, 0.3) is 0 Å². The van der Waals surface area contributed by atoms with Crippen molar-refractivity contribution in [3.63, 3.8) is 0 Å². The van der Waals surface area contributed by atoms with Crippen LogP contribution in [0.5, 0.6) is 0 Å². The van der Waals surface area contributed by atoms with Crippen LogP contribution in [0.3, 0.4) is 0 Å². The van der Waals surface area contributed by atoms with Gasteiger partial charge in [0, 0.05) is 48.8 Å². The van der Waals surface area contributed by atoms with Gasteiger partial charge in [-0.25, -0.2) is 15.0 Å². The summed E-state index contributed by atoms with van der Waals surface area (Å²) in [7, 11) is 0. The van der Waals surface area contributed by atoms with Gasteiger partial charge in [-0.1, -0.05) is 47.1 Å². The highest BCUT2D eigenvalue weighted by Crippen LogP contribution is 2.51. The molecule has 7 nitrogen and oxygen atoms in total. The van der Waals surface area contributed by atoms with Crippen molar-refractivity contribution in [2.24, 2.45) is 11.1 Å². The van der Waals surface area contributed by atoms with Crippen molar-refractivity contribution >= 4 is 40.8 Å². The van der Waals surface area contributed by atoms with Gasteiger partial charge in [-0.05, 0) is 48.8 Å². The molecule has 6 rings (SSSR count). The molecule has 1 aliphatic heterocycles. The average Bonchev–Trinajstić information content (AvgIpc) is 3.43. The number of pyridine rings is 1. The molecule has 0 saturated carbocycles. The Morgan fingerprint density at radius 3 is 2.74 bits per heavy atom. The first-order valence-electron chi connectivity index (χ1n) is 11.4. The molecule has 0 unspecified atom stereocenters. The van der Waals surface area contributed by atoms with Crippen molar-refractivity contribution in [1.82, 2.24) is 19.4 Å². The van der Waals surface area contributed by atoms with Gasteiger partial charge in [0.2, 0.25) is 5.95 Å². The molecule has 0 amide bonds. The lowest BCUT2D eigenvalue weighted by atomic mass is 9.73. The number of aryl methyl sites for hydroxylation is 1. The largest absolute Gasteiger partial charge is 0.382 e. The van der Waals surface area contributed by atoms with E-state index in [0.29, 0.717) is 10.8 Å². The summed E-state index contributed by atoms with van der Waals surface area (Å²) in [5.74, 6) is 1.23. The topological polar surface area (TPSA) is 98.4 Å². The number of nitrogen functional groups attached to an aromatic ring is 1. The van der Waals surface area contributed by atoms with Crippen molar-refractivity contribution in [2.75, 3.05) is 23.7 Å². The van der Waals surface area contributed by atoms with Crippen LogP contribution in [-0.2, 0) is 6.42 Å². The Kier molecular flexibility index (Phi) is 5.20. The Balaban J connectivity index is 1.25. The lowest BCUT2D eigenvalue weighted by Gasteiger charge is -2.42. The summed E-state index contributed by atoms with van der Waals surface area (Å²) >= 11 is 7.85. The number of hydrogen-bond donors (Lipinski definition) is 2. The fourth-order valence-electron chi connectivity index (χ4n) is 5.45. The van der Waals surface area contributed by atoms with Crippen LogP contribution in [0.15, 0.2) is 58.8 Å². The Morgan fingerprint density at radius 2 is 1.91 bits per heavy atom. The number of hydrogen-bond acceptors (Lipinski definition) is 7. The van der Waals surface area contributed by atoms with E-state index in [9.17, 15) is 0 Å². The first-order valence-corrected chi connectivity index (χ1v) is 12.6. The summed E-state index contributed by atoms with van der Waals surface area (Å²) < 4.78 is 2.06. The number of nitrogens with two attached hydrogens (primary N) is 2. The van der Waals surface area contributed by atoms with E-state index >= 15 is 0 Å². The third-order valence-electron chi connectivity index (χ3n) is 7.36. The number of rotatable bonds is 3. The van der Waals surface area contributed by atoms with Crippen molar-refractivity contribution in [3.8, 4) is 0 Å². The summed E-state index contributed by atoms with van der Waals surface area (Å²) in [5, 5.41) is 0.451. The van der Waals surface area contributed by atoms with Gasteiger partial charge in [0.05, 0.1) is 9.92 Å².